The average molecular weight is 340 g/mol. The van der Waals surface area contributed by atoms with Gasteiger partial charge in [0, 0.05) is 20.5 Å². The van der Waals surface area contributed by atoms with Gasteiger partial charge in [-0.25, -0.2) is 0 Å². The second-order valence-corrected chi connectivity index (χ2v) is 6.47. The number of aromatic nitrogens is 2. The van der Waals surface area contributed by atoms with Crippen LogP contribution in [0.4, 0.5) is 5.00 Å². The van der Waals surface area contributed by atoms with Gasteiger partial charge in [0.2, 0.25) is 5.82 Å². The summed E-state index contributed by atoms with van der Waals surface area (Å²) >= 11 is 13.5. The number of hydrogen-bond acceptors (Lipinski definition) is 5. The van der Waals surface area contributed by atoms with E-state index in [4.69, 9.17) is 33.5 Å². The zero-order valence-electron chi connectivity index (χ0n) is 11.1. The Kier molecular flexibility index (Phi) is 3.89. The number of aryl methyl sites for hydroxylation is 1. The molecule has 21 heavy (non-hydrogen) atoms. The van der Waals surface area contributed by atoms with Gasteiger partial charge in [-0.15, -0.1) is 11.3 Å². The second kappa shape index (κ2) is 5.67. The lowest BCUT2D eigenvalue weighted by molar-refractivity contribution is 0.432. The molecule has 0 spiro atoms. The van der Waals surface area contributed by atoms with Crippen molar-refractivity contribution in [3.05, 3.63) is 39.2 Å². The summed E-state index contributed by atoms with van der Waals surface area (Å²) in [6.07, 6.45) is 0.916. The molecule has 1 aromatic carbocycles. The zero-order chi connectivity index (χ0) is 15.0. The molecule has 108 valence electrons. The third-order valence-electron chi connectivity index (χ3n) is 2.94. The maximum absolute atomic E-state index is 5.99. The van der Waals surface area contributed by atoms with Crippen LogP contribution in [0.25, 0.3) is 22.8 Å². The van der Waals surface area contributed by atoms with Gasteiger partial charge in [-0.3, -0.25) is 0 Å². The van der Waals surface area contributed by atoms with E-state index >= 15 is 0 Å². The molecule has 3 rings (SSSR count). The molecule has 0 unspecified atom stereocenters. The van der Waals surface area contributed by atoms with E-state index in [0.29, 0.717) is 32.3 Å². The average Bonchev–Trinajstić information content (AvgIpc) is 3.03. The molecular weight excluding hydrogens is 329 g/mol. The molecule has 2 aromatic heterocycles. The predicted molar refractivity (Wildman–Crippen MR) is 86.9 cm³/mol. The lowest BCUT2D eigenvalue weighted by Gasteiger charge is -1.97. The van der Waals surface area contributed by atoms with Crippen molar-refractivity contribution in [1.29, 1.82) is 0 Å². The van der Waals surface area contributed by atoms with Gasteiger partial charge in [0.05, 0.1) is 10.6 Å². The Morgan fingerprint density at radius 2 is 1.90 bits per heavy atom. The Labute approximate surface area is 135 Å². The minimum absolute atomic E-state index is 0.398. The maximum atomic E-state index is 5.99. The van der Waals surface area contributed by atoms with Gasteiger partial charge in [0.15, 0.2) is 0 Å². The Balaban J connectivity index is 2.01. The first kappa shape index (κ1) is 14.4. The minimum Gasteiger partial charge on any atom is -0.390 e. The smallest absolute Gasteiger partial charge is 0.261 e. The van der Waals surface area contributed by atoms with Crippen LogP contribution in [-0.2, 0) is 6.42 Å². The summed E-state index contributed by atoms with van der Waals surface area (Å²) in [5.74, 6) is 0.826. The standard InChI is InChI=1S/C14H11Cl2N3OS/c1-2-10-6-11(12(17)21-10)14-18-13(19-20-14)7-3-8(15)5-9(16)4-7/h3-6H,2,17H2,1H3. The summed E-state index contributed by atoms with van der Waals surface area (Å²) in [5.41, 5.74) is 7.46. The highest BCUT2D eigenvalue weighted by molar-refractivity contribution is 7.16. The van der Waals surface area contributed by atoms with Gasteiger partial charge < -0.3 is 10.3 Å². The predicted octanol–water partition coefficient (Wildman–Crippen LogP) is 4.92. The van der Waals surface area contributed by atoms with Gasteiger partial charge in [-0.2, -0.15) is 4.98 Å². The number of halogens is 2. The van der Waals surface area contributed by atoms with Crippen LogP contribution in [0.2, 0.25) is 10.0 Å². The SMILES string of the molecule is CCc1cc(-c2nc(-c3cc(Cl)cc(Cl)c3)no2)c(N)s1. The van der Waals surface area contributed by atoms with Gasteiger partial charge in [-0.1, -0.05) is 35.3 Å². The van der Waals surface area contributed by atoms with E-state index in [2.05, 4.69) is 17.1 Å². The molecule has 0 aliphatic heterocycles. The van der Waals surface area contributed by atoms with E-state index in [-0.39, 0.29) is 0 Å². The monoisotopic (exact) mass is 339 g/mol. The fourth-order valence-corrected chi connectivity index (χ4v) is 3.32. The van der Waals surface area contributed by atoms with Crippen molar-refractivity contribution in [3.8, 4) is 22.8 Å². The summed E-state index contributed by atoms with van der Waals surface area (Å²) in [6.45, 7) is 2.07. The highest BCUT2D eigenvalue weighted by atomic mass is 35.5. The van der Waals surface area contributed by atoms with Gasteiger partial charge in [-0.05, 0) is 30.7 Å². The Bertz CT molecular complexity index is 777. The number of thiophene rings is 1. The van der Waals surface area contributed by atoms with Gasteiger partial charge in [0.25, 0.3) is 5.89 Å². The molecule has 0 bridgehead atoms. The highest BCUT2D eigenvalue weighted by Crippen LogP contribution is 2.34. The Morgan fingerprint density at radius 1 is 1.19 bits per heavy atom. The topological polar surface area (TPSA) is 64.9 Å². The number of nitrogens with two attached hydrogens (primary N) is 1. The highest BCUT2D eigenvalue weighted by Gasteiger charge is 2.16. The molecule has 0 saturated carbocycles. The number of benzene rings is 1. The summed E-state index contributed by atoms with van der Waals surface area (Å²) in [4.78, 5) is 5.55. The van der Waals surface area contributed by atoms with Crippen LogP contribution in [0.1, 0.15) is 11.8 Å². The molecule has 4 nitrogen and oxygen atoms in total. The zero-order valence-corrected chi connectivity index (χ0v) is 13.4. The van der Waals surface area contributed by atoms with E-state index < -0.39 is 0 Å². The van der Waals surface area contributed by atoms with E-state index in [0.717, 1.165) is 12.0 Å². The van der Waals surface area contributed by atoms with Crippen molar-refractivity contribution >= 4 is 39.5 Å². The normalized spacial score (nSPS) is 11.0. The van der Waals surface area contributed by atoms with Crippen molar-refractivity contribution in [2.45, 2.75) is 13.3 Å². The number of nitrogen functional groups attached to an aromatic ring is 1. The third-order valence-corrected chi connectivity index (χ3v) is 4.48. The van der Waals surface area contributed by atoms with Crippen molar-refractivity contribution in [1.82, 2.24) is 10.1 Å². The molecule has 7 heteroatoms. The van der Waals surface area contributed by atoms with Crippen LogP contribution in [-0.4, -0.2) is 10.1 Å². The van der Waals surface area contributed by atoms with Crippen molar-refractivity contribution in [2.75, 3.05) is 5.73 Å². The van der Waals surface area contributed by atoms with E-state index in [1.54, 1.807) is 18.2 Å². The lowest BCUT2D eigenvalue weighted by atomic mass is 10.2. The van der Waals surface area contributed by atoms with Crippen LogP contribution in [0.5, 0.6) is 0 Å². The quantitative estimate of drug-likeness (QED) is 0.735. The second-order valence-electron chi connectivity index (χ2n) is 4.43. The van der Waals surface area contributed by atoms with Crippen molar-refractivity contribution in [3.63, 3.8) is 0 Å². The molecule has 3 aromatic rings. The number of rotatable bonds is 3. The number of nitrogens with zero attached hydrogens (tertiary/aromatic N) is 2. The molecule has 2 heterocycles. The van der Waals surface area contributed by atoms with Crippen LogP contribution < -0.4 is 5.73 Å². The van der Waals surface area contributed by atoms with E-state index in [9.17, 15) is 0 Å². The van der Waals surface area contributed by atoms with Crippen LogP contribution in [0.15, 0.2) is 28.8 Å². The molecule has 0 saturated heterocycles. The summed E-state index contributed by atoms with van der Waals surface area (Å²) in [6, 6.07) is 7.09. The van der Waals surface area contributed by atoms with E-state index in [1.807, 2.05) is 6.07 Å². The first-order valence-electron chi connectivity index (χ1n) is 6.25. The van der Waals surface area contributed by atoms with Crippen LogP contribution in [0, 0.1) is 0 Å². The first-order chi connectivity index (χ1) is 10.1. The molecule has 0 radical (unpaired) electrons. The molecule has 0 aliphatic rings. The first-order valence-corrected chi connectivity index (χ1v) is 7.82. The lowest BCUT2D eigenvalue weighted by Crippen LogP contribution is -1.84. The summed E-state index contributed by atoms with van der Waals surface area (Å²) < 4.78 is 5.30. The van der Waals surface area contributed by atoms with E-state index in [1.165, 1.54) is 16.2 Å². The molecule has 0 fully saturated rings. The molecule has 0 amide bonds. The van der Waals surface area contributed by atoms with Gasteiger partial charge >= 0.3 is 0 Å². The third kappa shape index (κ3) is 2.90. The Morgan fingerprint density at radius 3 is 2.52 bits per heavy atom. The number of anilines is 1. The fraction of sp³-hybridized carbons (Fsp3) is 0.143. The largest absolute Gasteiger partial charge is 0.390 e. The molecular formula is C14H11Cl2N3OS. The van der Waals surface area contributed by atoms with Crippen molar-refractivity contribution < 1.29 is 4.52 Å². The van der Waals surface area contributed by atoms with Crippen LogP contribution >= 0.6 is 34.5 Å². The minimum atomic E-state index is 0.398. The maximum Gasteiger partial charge on any atom is 0.261 e. The Hall–Kier alpha value is -1.56. The number of hydrogen-bond donors (Lipinski definition) is 1. The van der Waals surface area contributed by atoms with Crippen molar-refractivity contribution in [2.24, 2.45) is 0 Å². The molecule has 0 atom stereocenters. The summed E-state index contributed by atoms with van der Waals surface area (Å²) in [7, 11) is 0. The molecule has 2 N–H and O–H groups in total. The van der Waals surface area contributed by atoms with Crippen LogP contribution in [0.3, 0.4) is 0 Å². The fourth-order valence-electron chi connectivity index (χ4n) is 1.93. The van der Waals surface area contributed by atoms with Gasteiger partial charge in [0.1, 0.15) is 0 Å². The molecule has 0 aliphatic carbocycles. The summed E-state index contributed by atoms with van der Waals surface area (Å²) in [5, 5.41) is 5.68.